The van der Waals surface area contributed by atoms with Gasteiger partial charge in [0.2, 0.25) is 0 Å². The van der Waals surface area contributed by atoms with Crippen molar-refractivity contribution in [2.45, 2.75) is 63.7 Å². The van der Waals surface area contributed by atoms with E-state index < -0.39 is 0 Å². The number of fused-ring (bicyclic) bond motifs is 2. The number of aromatic amines is 2. The van der Waals surface area contributed by atoms with Crippen molar-refractivity contribution in [3.05, 3.63) is 66.3 Å². The Bertz CT molecular complexity index is 1140. The first-order chi connectivity index (χ1) is 14.9. The molecule has 154 valence electrons. The molecule has 4 nitrogen and oxygen atoms in total. The summed E-state index contributed by atoms with van der Waals surface area (Å²) in [5.41, 5.74) is 6.19. The summed E-state index contributed by atoms with van der Waals surface area (Å²) in [6, 6.07) is 8.72. The van der Waals surface area contributed by atoms with Gasteiger partial charge in [0.25, 0.3) is 0 Å². The van der Waals surface area contributed by atoms with Crippen LogP contribution in [0.3, 0.4) is 0 Å². The lowest BCUT2D eigenvalue weighted by atomic mass is 9.85. The van der Waals surface area contributed by atoms with Gasteiger partial charge in [-0.1, -0.05) is 25.3 Å². The van der Waals surface area contributed by atoms with Crippen LogP contribution >= 0.6 is 0 Å². The minimum Gasteiger partial charge on any atom is -0.346 e. The lowest BCUT2D eigenvalue weighted by molar-refractivity contribution is 0.443. The van der Waals surface area contributed by atoms with E-state index in [1.165, 1.54) is 85.3 Å². The van der Waals surface area contributed by atoms with Gasteiger partial charge in [-0.3, -0.25) is 0 Å². The highest BCUT2D eigenvalue weighted by molar-refractivity contribution is 5.80. The Kier molecular flexibility index (Phi) is 5.65. The molecule has 4 heterocycles. The Morgan fingerprint density at radius 1 is 0.767 bits per heavy atom. The number of nitrogens with zero attached hydrogens (tertiary/aromatic N) is 2. The van der Waals surface area contributed by atoms with E-state index >= 15 is 0 Å². The minimum absolute atomic E-state index is 0.755. The van der Waals surface area contributed by atoms with Crippen LogP contribution in [0.25, 0.3) is 27.6 Å². The fourth-order valence-electron chi connectivity index (χ4n) is 4.83. The quantitative estimate of drug-likeness (QED) is 0.377. The Morgan fingerprint density at radius 3 is 2.23 bits per heavy atom. The topological polar surface area (TPSA) is 57.4 Å². The molecule has 6 rings (SSSR count). The molecule has 0 spiro atoms. The van der Waals surface area contributed by atoms with Gasteiger partial charge in [-0.25, -0.2) is 9.97 Å². The van der Waals surface area contributed by atoms with Gasteiger partial charge in [0.1, 0.15) is 11.3 Å². The first-order valence-corrected chi connectivity index (χ1v) is 11.4. The van der Waals surface area contributed by atoms with E-state index in [2.05, 4.69) is 56.5 Å². The highest BCUT2D eigenvalue weighted by atomic mass is 14.8. The molecule has 0 atom stereocenters. The number of aromatic nitrogens is 4. The van der Waals surface area contributed by atoms with Gasteiger partial charge >= 0.3 is 0 Å². The van der Waals surface area contributed by atoms with Crippen LogP contribution in [0.4, 0.5) is 0 Å². The van der Waals surface area contributed by atoms with E-state index in [0.29, 0.717) is 0 Å². The molecule has 4 heteroatoms. The molecular formula is C26H30N4. The molecule has 1 saturated carbocycles. The lowest BCUT2D eigenvalue weighted by Gasteiger charge is -2.21. The lowest BCUT2D eigenvalue weighted by Crippen LogP contribution is -2.04. The van der Waals surface area contributed by atoms with Crippen LogP contribution in [-0.2, 0) is 0 Å². The van der Waals surface area contributed by atoms with E-state index in [1.807, 2.05) is 18.6 Å². The van der Waals surface area contributed by atoms with Crippen molar-refractivity contribution in [1.82, 2.24) is 19.9 Å². The predicted molar refractivity (Wildman–Crippen MR) is 124 cm³/mol. The predicted octanol–water partition coefficient (Wildman–Crippen LogP) is 7.13. The molecule has 2 aliphatic rings. The van der Waals surface area contributed by atoms with Gasteiger partial charge in [0.05, 0.1) is 0 Å². The van der Waals surface area contributed by atoms with Crippen LogP contribution in [0.1, 0.15) is 74.8 Å². The van der Waals surface area contributed by atoms with E-state index in [1.54, 1.807) is 0 Å². The van der Waals surface area contributed by atoms with Gasteiger partial charge in [-0.15, -0.1) is 0 Å². The number of rotatable bonds is 2. The summed E-state index contributed by atoms with van der Waals surface area (Å²) < 4.78 is 0. The van der Waals surface area contributed by atoms with E-state index in [0.717, 1.165) is 17.2 Å². The van der Waals surface area contributed by atoms with Crippen molar-refractivity contribution >= 4 is 27.6 Å². The molecule has 0 saturated heterocycles. The molecule has 0 radical (unpaired) electrons. The number of hydrogen-bond donors (Lipinski definition) is 2. The molecule has 0 aliphatic heterocycles. The van der Waals surface area contributed by atoms with Crippen molar-refractivity contribution in [2.24, 2.45) is 0 Å². The van der Waals surface area contributed by atoms with Gasteiger partial charge in [-0.05, 0) is 85.4 Å². The highest BCUT2D eigenvalue weighted by Gasteiger charge is 2.16. The van der Waals surface area contributed by atoms with Crippen molar-refractivity contribution in [3.8, 4) is 0 Å². The summed E-state index contributed by atoms with van der Waals surface area (Å²) in [5, 5.41) is 2.46. The average molecular weight is 399 g/mol. The van der Waals surface area contributed by atoms with Crippen molar-refractivity contribution in [1.29, 1.82) is 0 Å². The third-order valence-electron chi connectivity index (χ3n) is 6.56. The summed E-state index contributed by atoms with van der Waals surface area (Å²) in [6.45, 7) is 0. The molecule has 0 aromatic carbocycles. The molecule has 30 heavy (non-hydrogen) atoms. The standard InChI is InChI=1S/C13H16N2.C13H14N2/c2*1-2-4-10(5-3-1)12-8-11-6-7-14-13(11)15-9-12/h6-10H,1-5H2,(H,14,15);4,6-9H,1-3,5H2,(H,14,15). The zero-order valence-corrected chi connectivity index (χ0v) is 17.5. The summed E-state index contributed by atoms with van der Waals surface area (Å²) in [7, 11) is 0. The first-order valence-electron chi connectivity index (χ1n) is 11.4. The Balaban J connectivity index is 0.000000128. The molecule has 0 amide bonds. The zero-order valence-electron chi connectivity index (χ0n) is 17.5. The smallest absolute Gasteiger partial charge is 0.137 e. The fraction of sp³-hybridized carbons (Fsp3) is 0.385. The number of H-pyrrole nitrogens is 2. The Labute approximate surface area is 177 Å². The van der Waals surface area contributed by atoms with Crippen LogP contribution in [0.5, 0.6) is 0 Å². The SMILES string of the molecule is C1=C(c2cnc3[nH]ccc3c2)CCCC1.c1cc2cc(C3CCCCC3)cnc2[nH]1. The summed E-state index contributed by atoms with van der Waals surface area (Å²) >= 11 is 0. The average Bonchev–Trinajstić information content (AvgIpc) is 3.49. The molecule has 2 aliphatic carbocycles. The molecule has 1 fully saturated rings. The molecule has 2 N–H and O–H groups in total. The number of allylic oxidation sites excluding steroid dienone is 2. The second kappa shape index (κ2) is 8.86. The monoisotopic (exact) mass is 398 g/mol. The largest absolute Gasteiger partial charge is 0.346 e. The van der Waals surface area contributed by atoms with E-state index in [4.69, 9.17) is 0 Å². The number of hydrogen-bond acceptors (Lipinski definition) is 2. The van der Waals surface area contributed by atoms with E-state index in [9.17, 15) is 0 Å². The van der Waals surface area contributed by atoms with Crippen molar-refractivity contribution < 1.29 is 0 Å². The molecule has 4 aromatic heterocycles. The second-order valence-corrected chi connectivity index (χ2v) is 8.63. The Hall–Kier alpha value is -2.88. The molecule has 4 aromatic rings. The summed E-state index contributed by atoms with van der Waals surface area (Å²) in [5.74, 6) is 0.755. The summed E-state index contributed by atoms with van der Waals surface area (Å²) in [4.78, 5) is 15.1. The van der Waals surface area contributed by atoms with Crippen molar-refractivity contribution in [3.63, 3.8) is 0 Å². The van der Waals surface area contributed by atoms with Gasteiger partial charge in [0, 0.05) is 35.6 Å². The third-order valence-corrected chi connectivity index (χ3v) is 6.56. The maximum atomic E-state index is 4.46. The van der Waals surface area contributed by atoms with Gasteiger partial charge < -0.3 is 9.97 Å². The summed E-state index contributed by atoms with van der Waals surface area (Å²) in [6.07, 6.45) is 22.2. The van der Waals surface area contributed by atoms with Crippen LogP contribution in [0.15, 0.2) is 55.1 Å². The fourth-order valence-corrected chi connectivity index (χ4v) is 4.83. The van der Waals surface area contributed by atoms with Gasteiger partial charge in [0.15, 0.2) is 0 Å². The Morgan fingerprint density at radius 2 is 1.50 bits per heavy atom. The van der Waals surface area contributed by atoms with E-state index in [-0.39, 0.29) is 0 Å². The van der Waals surface area contributed by atoms with Crippen molar-refractivity contribution in [2.75, 3.05) is 0 Å². The highest BCUT2D eigenvalue weighted by Crippen LogP contribution is 2.33. The van der Waals surface area contributed by atoms with Gasteiger partial charge in [-0.2, -0.15) is 0 Å². The number of pyridine rings is 2. The molecule has 0 unspecified atom stereocenters. The maximum absolute atomic E-state index is 4.46. The minimum atomic E-state index is 0.755. The first kappa shape index (κ1) is 19.1. The zero-order chi connectivity index (χ0) is 20.2. The second-order valence-electron chi connectivity index (χ2n) is 8.63. The van der Waals surface area contributed by atoms with Crippen LogP contribution in [0, 0.1) is 0 Å². The van der Waals surface area contributed by atoms with Crippen LogP contribution in [-0.4, -0.2) is 19.9 Å². The normalized spacial score (nSPS) is 17.5. The number of nitrogens with one attached hydrogen (secondary N) is 2. The maximum Gasteiger partial charge on any atom is 0.137 e. The van der Waals surface area contributed by atoms with Crippen LogP contribution < -0.4 is 0 Å². The molecule has 0 bridgehead atoms. The third kappa shape index (κ3) is 4.18. The van der Waals surface area contributed by atoms with Crippen LogP contribution in [0.2, 0.25) is 0 Å². The molecular weight excluding hydrogens is 368 g/mol.